The molecule has 19 heavy (non-hydrogen) atoms. The van der Waals surface area contributed by atoms with Gasteiger partial charge in [-0.05, 0) is 30.5 Å². The van der Waals surface area contributed by atoms with Crippen molar-refractivity contribution in [3.05, 3.63) is 28.8 Å². The molecule has 0 aliphatic heterocycles. The van der Waals surface area contributed by atoms with E-state index in [0.29, 0.717) is 12.0 Å². The highest BCUT2D eigenvalue weighted by Crippen LogP contribution is 2.38. The molecule has 2 rings (SSSR count). The largest absolute Gasteiger partial charge is 0.573 e. The summed E-state index contributed by atoms with van der Waals surface area (Å²) in [5, 5.41) is 9.83. The smallest absolute Gasteiger partial charge is 0.404 e. The highest BCUT2D eigenvalue weighted by Gasteiger charge is 2.33. The summed E-state index contributed by atoms with van der Waals surface area (Å²) in [6.45, 7) is 0. The number of aliphatic hydroxyl groups excluding tert-OH is 1. The predicted molar refractivity (Wildman–Crippen MR) is 65.4 cm³/mol. The molecule has 2 atom stereocenters. The van der Waals surface area contributed by atoms with E-state index in [1.807, 2.05) is 0 Å². The Labute approximate surface area is 114 Å². The Morgan fingerprint density at radius 2 is 1.89 bits per heavy atom. The second kappa shape index (κ2) is 5.59. The van der Waals surface area contributed by atoms with Crippen LogP contribution in [0.1, 0.15) is 37.2 Å². The van der Waals surface area contributed by atoms with Gasteiger partial charge in [0.25, 0.3) is 0 Å². The van der Waals surface area contributed by atoms with Crippen LogP contribution in [0.4, 0.5) is 13.2 Å². The summed E-state index contributed by atoms with van der Waals surface area (Å²) in [6, 6.07) is 4.29. The summed E-state index contributed by atoms with van der Waals surface area (Å²) < 4.78 is 40.6. The molecular formula is C13H14ClF3O2. The van der Waals surface area contributed by atoms with Gasteiger partial charge < -0.3 is 9.84 Å². The Balaban J connectivity index is 2.24. The standard InChI is InChI=1S/C13H14ClF3O2/c14-10-6-5-8(7-12(10)19-13(15,16)17)9-3-1-2-4-11(9)18/h5-7,9,11,18H,1-4H2. The molecule has 0 amide bonds. The number of rotatable bonds is 2. The third-order valence-corrected chi connectivity index (χ3v) is 3.65. The van der Waals surface area contributed by atoms with Gasteiger partial charge in [0.15, 0.2) is 0 Å². The van der Waals surface area contributed by atoms with Crippen LogP contribution in [-0.4, -0.2) is 17.6 Å². The lowest BCUT2D eigenvalue weighted by Gasteiger charge is -2.28. The molecule has 1 fully saturated rings. The Kier molecular flexibility index (Phi) is 4.26. The number of benzene rings is 1. The fourth-order valence-corrected chi connectivity index (χ4v) is 2.61. The molecule has 1 aliphatic carbocycles. The molecule has 106 valence electrons. The van der Waals surface area contributed by atoms with Crippen molar-refractivity contribution in [2.45, 2.75) is 44.1 Å². The zero-order valence-electron chi connectivity index (χ0n) is 10.1. The van der Waals surface area contributed by atoms with Crippen LogP contribution in [-0.2, 0) is 0 Å². The zero-order chi connectivity index (χ0) is 14.0. The summed E-state index contributed by atoms with van der Waals surface area (Å²) in [6.07, 6.45) is -1.96. The summed E-state index contributed by atoms with van der Waals surface area (Å²) in [5.41, 5.74) is 0.635. The van der Waals surface area contributed by atoms with Gasteiger partial charge >= 0.3 is 6.36 Å². The van der Waals surface area contributed by atoms with Crippen molar-refractivity contribution < 1.29 is 23.0 Å². The molecule has 1 N–H and O–H groups in total. The van der Waals surface area contributed by atoms with E-state index in [2.05, 4.69) is 4.74 Å². The van der Waals surface area contributed by atoms with Crippen LogP contribution < -0.4 is 4.74 Å². The Morgan fingerprint density at radius 1 is 1.21 bits per heavy atom. The molecule has 0 saturated heterocycles. The third kappa shape index (κ3) is 3.76. The molecule has 1 saturated carbocycles. The Hall–Kier alpha value is -0.940. The maximum Gasteiger partial charge on any atom is 0.573 e. The number of halogens is 4. The number of aliphatic hydroxyl groups is 1. The molecule has 1 aliphatic rings. The van der Waals surface area contributed by atoms with E-state index in [0.717, 1.165) is 19.3 Å². The number of alkyl halides is 3. The monoisotopic (exact) mass is 294 g/mol. The molecule has 0 heterocycles. The average Bonchev–Trinajstić information content (AvgIpc) is 2.31. The van der Waals surface area contributed by atoms with Crippen LogP contribution in [0.15, 0.2) is 18.2 Å². The van der Waals surface area contributed by atoms with Crippen LogP contribution in [0.2, 0.25) is 5.02 Å². The molecule has 0 bridgehead atoms. The maximum absolute atomic E-state index is 12.2. The highest BCUT2D eigenvalue weighted by molar-refractivity contribution is 6.32. The van der Waals surface area contributed by atoms with Crippen LogP contribution in [0.3, 0.4) is 0 Å². The number of ether oxygens (including phenoxy) is 1. The summed E-state index contributed by atoms with van der Waals surface area (Å²) in [4.78, 5) is 0. The second-order valence-electron chi connectivity index (χ2n) is 4.70. The highest BCUT2D eigenvalue weighted by atomic mass is 35.5. The lowest BCUT2D eigenvalue weighted by molar-refractivity contribution is -0.274. The first-order valence-electron chi connectivity index (χ1n) is 6.10. The molecule has 6 heteroatoms. The van der Waals surface area contributed by atoms with Crippen molar-refractivity contribution in [2.24, 2.45) is 0 Å². The van der Waals surface area contributed by atoms with Crippen molar-refractivity contribution in [2.75, 3.05) is 0 Å². The van der Waals surface area contributed by atoms with Crippen molar-refractivity contribution >= 4 is 11.6 Å². The minimum atomic E-state index is -4.77. The Bertz CT molecular complexity index is 448. The topological polar surface area (TPSA) is 29.5 Å². The lowest BCUT2D eigenvalue weighted by atomic mass is 9.82. The van der Waals surface area contributed by atoms with Gasteiger partial charge in [0.2, 0.25) is 0 Å². The Morgan fingerprint density at radius 3 is 2.53 bits per heavy atom. The maximum atomic E-state index is 12.2. The lowest BCUT2D eigenvalue weighted by Crippen LogP contribution is -2.23. The third-order valence-electron chi connectivity index (χ3n) is 3.34. The first-order valence-corrected chi connectivity index (χ1v) is 6.48. The van der Waals surface area contributed by atoms with Gasteiger partial charge in [-0.25, -0.2) is 0 Å². The average molecular weight is 295 g/mol. The van der Waals surface area contributed by atoms with Gasteiger partial charge in [-0.1, -0.05) is 30.5 Å². The number of hydrogen-bond acceptors (Lipinski definition) is 2. The van der Waals surface area contributed by atoms with Gasteiger partial charge in [0.1, 0.15) is 5.75 Å². The van der Waals surface area contributed by atoms with Gasteiger partial charge in [0.05, 0.1) is 11.1 Å². The van der Waals surface area contributed by atoms with E-state index in [1.165, 1.54) is 12.1 Å². The minimum Gasteiger partial charge on any atom is -0.404 e. The summed E-state index contributed by atoms with van der Waals surface area (Å²) >= 11 is 5.69. The van der Waals surface area contributed by atoms with Crippen LogP contribution in [0, 0.1) is 0 Å². The number of hydrogen-bond donors (Lipinski definition) is 1. The fraction of sp³-hybridized carbons (Fsp3) is 0.538. The van der Waals surface area contributed by atoms with Crippen LogP contribution in [0.25, 0.3) is 0 Å². The van der Waals surface area contributed by atoms with Gasteiger partial charge in [-0.3, -0.25) is 0 Å². The first kappa shape index (κ1) is 14.5. The van der Waals surface area contributed by atoms with E-state index in [1.54, 1.807) is 6.07 Å². The fourth-order valence-electron chi connectivity index (χ4n) is 2.45. The molecule has 2 nitrogen and oxygen atoms in total. The molecule has 0 aromatic heterocycles. The van der Waals surface area contributed by atoms with Crippen LogP contribution in [0.5, 0.6) is 5.75 Å². The summed E-state index contributed by atoms with van der Waals surface area (Å²) in [7, 11) is 0. The van der Waals surface area contributed by atoms with Crippen molar-refractivity contribution in [3.63, 3.8) is 0 Å². The van der Waals surface area contributed by atoms with Gasteiger partial charge in [-0.15, -0.1) is 13.2 Å². The molecule has 0 spiro atoms. The van der Waals surface area contributed by atoms with E-state index < -0.39 is 18.2 Å². The molecule has 1 aromatic rings. The first-order chi connectivity index (χ1) is 8.87. The zero-order valence-corrected chi connectivity index (χ0v) is 10.8. The molecular weight excluding hydrogens is 281 g/mol. The molecule has 1 aromatic carbocycles. The SMILES string of the molecule is OC1CCCCC1c1ccc(Cl)c(OC(F)(F)F)c1. The van der Waals surface area contributed by atoms with E-state index >= 15 is 0 Å². The van der Waals surface area contributed by atoms with Gasteiger partial charge in [-0.2, -0.15) is 0 Å². The summed E-state index contributed by atoms with van der Waals surface area (Å²) in [5.74, 6) is -0.564. The second-order valence-corrected chi connectivity index (χ2v) is 5.10. The van der Waals surface area contributed by atoms with Crippen molar-refractivity contribution in [1.82, 2.24) is 0 Å². The minimum absolute atomic E-state index is 0.0913. The predicted octanol–water partition coefficient (Wildman–Crippen LogP) is 4.26. The van der Waals surface area contributed by atoms with E-state index in [-0.39, 0.29) is 10.9 Å². The quantitative estimate of drug-likeness (QED) is 0.883. The molecule has 0 radical (unpaired) electrons. The van der Waals surface area contributed by atoms with Gasteiger partial charge in [0, 0.05) is 5.92 Å². The van der Waals surface area contributed by atoms with Crippen molar-refractivity contribution in [1.29, 1.82) is 0 Å². The van der Waals surface area contributed by atoms with E-state index in [9.17, 15) is 18.3 Å². The molecule has 2 unspecified atom stereocenters. The van der Waals surface area contributed by atoms with E-state index in [4.69, 9.17) is 11.6 Å². The normalized spacial score (nSPS) is 24.3. The van der Waals surface area contributed by atoms with Crippen LogP contribution >= 0.6 is 11.6 Å². The van der Waals surface area contributed by atoms with Crippen molar-refractivity contribution in [3.8, 4) is 5.75 Å².